The lowest BCUT2D eigenvalue weighted by Crippen LogP contribution is -2.25. The van der Waals surface area contributed by atoms with Gasteiger partial charge < -0.3 is 0 Å². The topological polar surface area (TPSA) is 42.7 Å². The van der Waals surface area contributed by atoms with Crippen LogP contribution in [0.3, 0.4) is 0 Å². The van der Waals surface area contributed by atoms with Crippen molar-refractivity contribution in [1.29, 1.82) is 0 Å². The predicted octanol–water partition coefficient (Wildman–Crippen LogP) is 3.53. The molecule has 2 heterocycles. The monoisotopic (exact) mass is 328 g/mol. The average molecular weight is 328 g/mol. The molecule has 0 aliphatic rings. The Kier molecular flexibility index (Phi) is 4.66. The third-order valence-electron chi connectivity index (χ3n) is 3.94. The van der Waals surface area contributed by atoms with Gasteiger partial charge in [0.05, 0.1) is 12.2 Å². The first-order valence-electron chi connectivity index (χ1n) is 7.64. The minimum atomic E-state index is -0.864. The summed E-state index contributed by atoms with van der Waals surface area (Å²) < 4.78 is 28.7. The second-order valence-electron chi connectivity index (χ2n) is 5.73. The van der Waals surface area contributed by atoms with Crippen molar-refractivity contribution in [2.24, 2.45) is 7.05 Å². The van der Waals surface area contributed by atoms with Crippen LogP contribution in [0, 0.1) is 11.6 Å². The van der Waals surface area contributed by atoms with E-state index in [1.807, 2.05) is 32.3 Å². The van der Waals surface area contributed by atoms with Crippen molar-refractivity contribution in [2.75, 3.05) is 0 Å². The highest BCUT2D eigenvalue weighted by molar-refractivity contribution is 5.31. The van der Waals surface area contributed by atoms with E-state index in [2.05, 4.69) is 15.4 Å². The van der Waals surface area contributed by atoms with Gasteiger partial charge in [-0.15, -0.1) is 0 Å². The fourth-order valence-electron chi connectivity index (χ4n) is 2.63. The molecular formula is C18H18F2N4. The summed E-state index contributed by atoms with van der Waals surface area (Å²) in [4.78, 5) is 4.13. The number of pyridine rings is 1. The lowest BCUT2D eigenvalue weighted by molar-refractivity contribution is 0.491. The molecule has 3 aromatic rings. The second-order valence-corrected chi connectivity index (χ2v) is 5.73. The van der Waals surface area contributed by atoms with Crippen molar-refractivity contribution in [3.05, 3.63) is 83.4 Å². The fourth-order valence-corrected chi connectivity index (χ4v) is 2.63. The highest BCUT2D eigenvalue weighted by Gasteiger charge is 2.19. The first-order chi connectivity index (χ1) is 11.5. The van der Waals surface area contributed by atoms with Gasteiger partial charge in [-0.05, 0) is 36.2 Å². The van der Waals surface area contributed by atoms with Crippen LogP contribution in [-0.4, -0.2) is 14.8 Å². The van der Waals surface area contributed by atoms with Crippen LogP contribution in [0.25, 0.3) is 0 Å². The average Bonchev–Trinajstić information content (AvgIpc) is 3.02. The summed E-state index contributed by atoms with van der Waals surface area (Å²) in [6.45, 7) is 2.00. The number of aromatic nitrogens is 3. The molecule has 0 radical (unpaired) electrons. The Morgan fingerprint density at radius 2 is 1.88 bits per heavy atom. The summed E-state index contributed by atoms with van der Waals surface area (Å²) in [6.07, 6.45) is 7.09. The van der Waals surface area contributed by atoms with Crippen molar-refractivity contribution in [3.63, 3.8) is 0 Å². The smallest absolute Gasteiger partial charge is 0.159 e. The van der Waals surface area contributed by atoms with Crippen molar-refractivity contribution in [3.8, 4) is 0 Å². The normalized spacial score (nSPS) is 13.7. The molecule has 0 aliphatic heterocycles. The number of benzene rings is 1. The van der Waals surface area contributed by atoms with E-state index in [9.17, 15) is 8.78 Å². The van der Waals surface area contributed by atoms with Crippen molar-refractivity contribution in [2.45, 2.75) is 19.0 Å². The number of hydrogen-bond donors (Lipinski definition) is 1. The molecule has 1 aromatic carbocycles. The van der Waals surface area contributed by atoms with Gasteiger partial charge >= 0.3 is 0 Å². The van der Waals surface area contributed by atoms with Gasteiger partial charge in [-0.2, -0.15) is 5.10 Å². The molecule has 0 spiro atoms. The minimum absolute atomic E-state index is 0.0305. The number of nitrogens with zero attached hydrogens (tertiary/aromatic N) is 3. The fraction of sp³-hybridized carbons (Fsp3) is 0.222. The molecule has 1 N–H and O–H groups in total. The van der Waals surface area contributed by atoms with Crippen LogP contribution in [0.1, 0.15) is 35.7 Å². The Bertz CT molecular complexity index is 817. The molecule has 0 saturated heterocycles. The number of rotatable bonds is 5. The Balaban J connectivity index is 1.94. The molecule has 2 aromatic heterocycles. The highest BCUT2D eigenvalue weighted by atomic mass is 19.2. The molecule has 2 atom stereocenters. The van der Waals surface area contributed by atoms with Crippen LogP contribution in [0.2, 0.25) is 0 Å². The molecule has 0 aliphatic carbocycles. The summed E-state index contributed by atoms with van der Waals surface area (Å²) in [5.41, 5.74) is 2.52. The molecule has 0 bridgehead atoms. The van der Waals surface area contributed by atoms with E-state index in [0.717, 1.165) is 17.2 Å². The molecule has 0 fully saturated rings. The zero-order chi connectivity index (χ0) is 17.1. The van der Waals surface area contributed by atoms with Crippen molar-refractivity contribution in [1.82, 2.24) is 20.1 Å². The SMILES string of the molecule is C[C@@H](N[C@H](c1cccnc1)c1ccc(F)c(F)c1)c1cnn(C)c1. The van der Waals surface area contributed by atoms with E-state index >= 15 is 0 Å². The van der Waals surface area contributed by atoms with Gasteiger partial charge in [0.15, 0.2) is 11.6 Å². The summed E-state index contributed by atoms with van der Waals surface area (Å²) in [7, 11) is 1.85. The van der Waals surface area contributed by atoms with E-state index in [4.69, 9.17) is 0 Å². The molecule has 6 heteroatoms. The van der Waals surface area contributed by atoms with Gasteiger partial charge in [-0.3, -0.25) is 15.0 Å². The summed E-state index contributed by atoms with van der Waals surface area (Å²) in [5.74, 6) is -1.72. The molecule has 24 heavy (non-hydrogen) atoms. The van der Waals surface area contributed by atoms with Crippen LogP contribution < -0.4 is 5.32 Å². The molecule has 3 rings (SSSR count). The zero-order valence-electron chi connectivity index (χ0n) is 13.4. The lowest BCUT2D eigenvalue weighted by Gasteiger charge is -2.23. The van der Waals surface area contributed by atoms with Gasteiger partial charge in [0.25, 0.3) is 0 Å². The first kappa shape index (κ1) is 16.3. The third-order valence-corrected chi connectivity index (χ3v) is 3.94. The first-order valence-corrected chi connectivity index (χ1v) is 7.64. The Hall–Kier alpha value is -2.60. The maximum Gasteiger partial charge on any atom is 0.159 e. The summed E-state index contributed by atoms with van der Waals surface area (Å²) >= 11 is 0. The Morgan fingerprint density at radius 1 is 1.04 bits per heavy atom. The molecule has 0 amide bonds. The quantitative estimate of drug-likeness (QED) is 0.779. The minimum Gasteiger partial charge on any atom is -0.299 e. The van der Waals surface area contributed by atoms with Crippen LogP contribution in [0.5, 0.6) is 0 Å². The van der Waals surface area contributed by atoms with Crippen LogP contribution >= 0.6 is 0 Å². The summed E-state index contributed by atoms with van der Waals surface area (Å²) in [6, 6.07) is 7.32. The van der Waals surface area contributed by atoms with Gasteiger partial charge in [-0.25, -0.2) is 8.78 Å². The van der Waals surface area contributed by atoms with Gasteiger partial charge in [0.2, 0.25) is 0 Å². The molecule has 124 valence electrons. The number of aryl methyl sites for hydroxylation is 1. The maximum absolute atomic E-state index is 13.7. The number of halogens is 2. The predicted molar refractivity (Wildman–Crippen MR) is 87.2 cm³/mol. The van der Waals surface area contributed by atoms with Crippen LogP contribution in [-0.2, 0) is 7.05 Å². The molecule has 0 unspecified atom stereocenters. The van der Waals surface area contributed by atoms with Gasteiger partial charge in [0, 0.05) is 37.2 Å². The number of nitrogens with one attached hydrogen (secondary N) is 1. The van der Waals surface area contributed by atoms with Crippen molar-refractivity contribution >= 4 is 0 Å². The van der Waals surface area contributed by atoms with Crippen LogP contribution in [0.15, 0.2) is 55.1 Å². The molecular weight excluding hydrogens is 310 g/mol. The van der Waals surface area contributed by atoms with Gasteiger partial charge in [-0.1, -0.05) is 12.1 Å². The lowest BCUT2D eigenvalue weighted by atomic mass is 9.98. The van der Waals surface area contributed by atoms with Crippen LogP contribution in [0.4, 0.5) is 8.78 Å². The molecule has 0 saturated carbocycles. The molecule has 4 nitrogen and oxygen atoms in total. The van der Waals surface area contributed by atoms with E-state index in [1.165, 1.54) is 6.07 Å². The Morgan fingerprint density at radius 3 is 2.50 bits per heavy atom. The van der Waals surface area contributed by atoms with Gasteiger partial charge in [0.1, 0.15) is 0 Å². The standard InChI is InChI=1S/C18H18F2N4/c1-12(15-10-22-24(2)11-15)23-18(14-4-3-7-21-9-14)13-5-6-16(19)17(20)8-13/h3-12,18,23H,1-2H3/t12-,18+/m1/s1. The zero-order valence-corrected chi connectivity index (χ0v) is 13.4. The highest BCUT2D eigenvalue weighted by Crippen LogP contribution is 2.26. The van der Waals surface area contributed by atoms with E-state index in [0.29, 0.717) is 5.56 Å². The van der Waals surface area contributed by atoms with E-state index in [-0.39, 0.29) is 12.1 Å². The van der Waals surface area contributed by atoms with E-state index < -0.39 is 11.6 Å². The number of hydrogen-bond acceptors (Lipinski definition) is 3. The van der Waals surface area contributed by atoms with E-state index in [1.54, 1.807) is 29.3 Å². The largest absolute Gasteiger partial charge is 0.299 e. The second kappa shape index (κ2) is 6.88. The summed E-state index contributed by atoms with van der Waals surface area (Å²) in [5, 5.41) is 7.61. The van der Waals surface area contributed by atoms with Crippen molar-refractivity contribution < 1.29 is 8.78 Å². The Labute approximate surface area is 139 Å². The maximum atomic E-state index is 13.7. The third kappa shape index (κ3) is 3.49.